The van der Waals surface area contributed by atoms with E-state index >= 15 is 0 Å². The molecular weight excluding hydrogens is 262 g/mol. The zero-order valence-electron chi connectivity index (χ0n) is 12.1. The topological polar surface area (TPSA) is 57.8 Å². The molecule has 0 unspecified atom stereocenters. The molecule has 0 saturated heterocycles. The molecule has 1 aliphatic rings. The predicted octanol–water partition coefficient (Wildman–Crippen LogP) is 2.99. The molecule has 2 N–H and O–H groups in total. The lowest BCUT2D eigenvalue weighted by Gasteiger charge is -2.17. The van der Waals surface area contributed by atoms with E-state index in [9.17, 15) is 4.79 Å². The number of nitrogens with zero attached hydrogens (tertiary/aromatic N) is 1. The Labute approximate surface area is 125 Å². The summed E-state index contributed by atoms with van der Waals surface area (Å²) < 4.78 is 0. The molecule has 0 aliphatic heterocycles. The molecule has 4 heteroatoms. The zero-order chi connectivity index (χ0) is 14.5. The Morgan fingerprint density at radius 3 is 2.71 bits per heavy atom. The maximum absolute atomic E-state index is 12.3. The van der Waals surface area contributed by atoms with Gasteiger partial charge in [0.1, 0.15) is 5.82 Å². The standard InChI is InChI=1S/C17H21N3O/c21-16(20-14-8-4-5-9-14)12-15(17-18-10-11-19-17)13-6-2-1-3-7-13/h1-3,6-7,10-11,14-15H,4-5,8-9,12H2,(H,18,19)(H,20,21)/t15-/m0/s1. The van der Waals surface area contributed by atoms with Crippen molar-refractivity contribution in [1.82, 2.24) is 15.3 Å². The number of H-pyrrole nitrogens is 1. The van der Waals surface area contributed by atoms with Crippen LogP contribution < -0.4 is 5.32 Å². The fourth-order valence-corrected chi connectivity index (χ4v) is 3.07. The molecule has 1 aromatic heterocycles. The van der Waals surface area contributed by atoms with Crippen LogP contribution in [0.15, 0.2) is 42.7 Å². The normalized spacial score (nSPS) is 16.8. The largest absolute Gasteiger partial charge is 0.353 e. The number of benzene rings is 1. The summed E-state index contributed by atoms with van der Waals surface area (Å²) in [4.78, 5) is 19.8. The summed E-state index contributed by atoms with van der Waals surface area (Å²) in [6, 6.07) is 10.5. The van der Waals surface area contributed by atoms with Crippen LogP contribution in [0.1, 0.15) is 49.4 Å². The van der Waals surface area contributed by atoms with E-state index in [-0.39, 0.29) is 11.8 Å². The van der Waals surface area contributed by atoms with Gasteiger partial charge < -0.3 is 10.3 Å². The molecule has 1 aromatic carbocycles. The third-order valence-corrected chi connectivity index (χ3v) is 4.16. The number of aromatic amines is 1. The first-order valence-corrected chi connectivity index (χ1v) is 7.66. The van der Waals surface area contributed by atoms with Gasteiger partial charge in [0.2, 0.25) is 5.91 Å². The minimum atomic E-state index is -0.0115. The first-order valence-electron chi connectivity index (χ1n) is 7.66. The summed E-state index contributed by atoms with van der Waals surface area (Å²) >= 11 is 0. The van der Waals surface area contributed by atoms with Gasteiger partial charge >= 0.3 is 0 Å². The first-order chi connectivity index (χ1) is 10.3. The van der Waals surface area contributed by atoms with Crippen LogP contribution in [0.2, 0.25) is 0 Å². The molecule has 0 bridgehead atoms. The van der Waals surface area contributed by atoms with Crippen LogP contribution in [0.3, 0.4) is 0 Å². The molecule has 2 aromatic rings. The number of aromatic nitrogens is 2. The van der Waals surface area contributed by atoms with Crippen molar-refractivity contribution in [3.63, 3.8) is 0 Å². The van der Waals surface area contributed by atoms with Crippen molar-refractivity contribution >= 4 is 5.91 Å². The first kappa shape index (κ1) is 13.9. The number of hydrogen-bond acceptors (Lipinski definition) is 2. The number of imidazole rings is 1. The molecule has 1 heterocycles. The lowest BCUT2D eigenvalue weighted by atomic mass is 9.94. The quantitative estimate of drug-likeness (QED) is 0.886. The number of hydrogen-bond donors (Lipinski definition) is 2. The number of nitrogens with one attached hydrogen (secondary N) is 2. The predicted molar refractivity (Wildman–Crippen MR) is 81.9 cm³/mol. The van der Waals surface area contributed by atoms with E-state index in [0.717, 1.165) is 24.2 Å². The fourth-order valence-electron chi connectivity index (χ4n) is 3.07. The van der Waals surface area contributed by atoms with Gasteiger partial charge in [0, 0.05) is 24.9 Å². The Bertz CT molecular complexity index is 559. The van der Waals surface area contributed by atoms with Crippen molar-refractivity contribution in [3.05, 3.63) is 54.1 Å². The molecule has 1 atom stereocenters. The van der Waals surface area contributed by atoms with Crippen LogP contribution in [-0.2, 0) is 4.79 Å². The molecule has 1 aliphatic carbocycles. The van der Waals surface area contributed by atoms with Gasteiger partial charge in [-0.15, -0.1) is 0 Å². The Morgan fingerprint density at radius 2 is 2.05 bits per heavy atom. The number of rotatable bonds is 5. The third kappa shape index (κ3) is 3.51. The van der Waals surface area contributed by atoms with Gasteiger partial charge in [-0.2, -0.15) is 0 Å². The Kier molecular flexibility index (Phi) is 4.34. The van der Waals surface area contributed by atoms with Gasteiger partial charge in [-0.25, -0.2) is 4.98 Å². The minimum absolute atomic E-state index is 0.0115. The lowest BCUT2D eigenvalue weighted by Crippen LogP contribution is -2.33. The Morgan fingerprint density at radius 1 is 1.29 bits per heavy atom. The van der Waals surface area contributed by atoms with E-state index in [2.05, 4.69) is 27.4 Å². The van der Waals surface area contributed by atoms with E-state index in [0.29, 0.717) is 12.5 Å². The summed E-state index contributed by atoms with van der Waals surface area (Å²) in [5, 5.41) is 3.16. The second-order valence-electron chi connectivity index (χ2n) is 5.69. The molecule has 21 heavy (non-hydrogen) atoms. The second kappa shape index (κ2) is 6.57. The van der Waals surface area contributed by atoms with Gasteiger partial charge in [0.05, 0.1) is 5.92 Å². The monoisotopic (exact) mass is 283 g/mol. The highest BCUT2D eigenvalue weighted by Crippen LogP contribution is 2.26. The summed E-state index contributed by atoms with van der Waals surface area (Å²) in [6.07, 6.45) is 8.66. The van der Waals surface area contributed by atoms with E-state index in [1.807, 2.05) is 18.2 Å². The van der Waals surface area contributed by atoms with E-state index in [1.54, 1.807) is 12.4 Å². The Balaban J connectivity index is 1.72. The van der Waals surface area contributed by atoms with Crippen LogP contribution in [0.25, 0.3) is 0 Å². The van der Waals surface area contributed by atoms with E-state index in [1.165, 1.54) is 12.8 Å². The van der Waals surface area contributed by atoms with Crippen LogP contribution in [0.4, 0.5) is 0 Å². The molecule has 0 spiro atoms. The average Bonchev–Trinajstić information content (AvgIpc) is 3.19. The minimum Gasteiger partial charge on any atom is -0.353 e. The fraction of sp³-hybridized carbons (Fsp3) is 0.412. The van der Waals surface area contributed by atoms with Crippen molar-refractivity contribution < 1.29 is 4.79 Å². The van der Waals surface area contributed by atoms with Gasteiger partial charge in [0.15, 0.2) is 0 Å². The summed E-state index contributed by atoms with van der Waals surface area (Å²) in [5.74, 6) is 0.956. The van der Waals surface area contributed by atoms with Gasteiger partial charge in [0.25, 0.3) is 0 Å². The molecule has 1 fully saturated rings. The van der Waals surface area contributed by atoms with E-state index in [4.69, 9.17) is 0 Å². The summed E-state index contributed by atoms with van der Waals surface area (Å²) in [7, 11) is 0. The van der Waals surface area contributed by atoms with E-state index < -0.39 is 0 Å². The highest BCUT2D eigenvalue weighted by Gasteiger charge is 2.23. The highest BCUT2D eigenvalue weighted by molar-refractivity contribution is 5.77. The average molecular weight is 283 g/mol. The number of carbonyl (C=O) groups excluding carboxylic acids is 1. The molecule has 1 amide bonds. The van der Waals surface area contributed by atoms with Gasteiger partial charge in [-0.05, 0) is 18.4 Å². The maximum atomic E-state index is 12.3. The Hall–Kier alpha value is -2.10. The number of carbonyl (C=O) groups is 1. The van der Waals surface area contributed by atoms with Crippen molar-refractivity contribution in [2.45, 2.75) is 44.1 Å². The van der Waals surface area contributed by atoms with Crippen LogP contribution in [-0.4, -0.2) is 21.9 Å². The molecule has 0 radical (unpaired) electrons. The zero-order valence-corrected chi connectivity index (χ0v) is 12.1. The maximum Gasteiger partial charge on any atom is 0.221 e. The van der Waals surface area contributed by atoms with Crippen molar-refractivity contribution in [3.8, 4) is 0 Å². The molecule has 4 nitrogen and oxygen atoms in total. The molecule has 1 saturated carbocycles. The second-order valence-corrected chi connectivity index (χ2v) is 5.69. The lowest BCUT2D eigenvalue weighted by molar-refractivity contribution is -0.122. The summed E-state index contributed by atoms with van der Waals surface area (Å²) in [6.45, 7) is 0. The number of amides is 1. The van der Waals surface area contributed by atoms with Gasteiger partial charge in [-0.3, -0.25) is 4.79 Å². The van der Waals surface area contributed by atoms with Crippen LogP contribution in [0, 0.1) is 0 Å². The molecule has 110 valence electrons. The van der Waals surface area contributed by atoms with Crippen molar-refractivity contribution in [1.29, 1.82) is 0 Å². The summed E-state index contributed by atoms with van der Waals surface area (Å²) in [5.41, 5.74) is 1.12. The SMILES string of the molecule is O=C(C[C@@H](c1ccccc1)c1ncc[nH]1)NC1CCCC1. The van der Waals surface area contributed by atoms with Crippen LogP contribution in [0.5, 0.6) is 0 Å². The highest BCUT2D eigenvalue weighted by atomic mass is 16.1. The van der Waals surface area contributed by atoms with Crippen molar-refractivity contribution in [2.75, 3.05) is 0 Å². The van der Waals surface area contributed by atoms with Crippen molar-refractivity contribution in [2.24, 2.45) is 0 Å². The smallest absolute Gasteiger partial charge is 0.221 e. The third-order valence-electron chi connectivity index (χ3n) is 4.16. The molecular formula is C17H21N3O. The molecule has 3 rings (SSSR count). The van der Waals surface area contributed by atoms with Crippen LogP contribution >= 0.6 is 0 Å². The van der Waals surface area contributed by atoms with Gasteiger partial charge in [-0.1, -0.05) is 43.2 Å².